The highest BCUT2D eigenvalue weighted by molar-refractivity contribution is 5.77. The SMILES string of the molecule is COCc1cccc2c1-c1ccccc1CO2. The fraction of sp³-hybridized carbons (Fsp3) is 0.200. The molecule has 0 bridgehead atoms. The van der Waals surface area contributed by atoms with Gasteiger partial charge in [0.2, 0.25) is 0 Å². The van der Waals surface area contributed by atoms with Gasteiger partial charge in [0.05, 0.1) is 6.61 Å². The summed E-state index contributed by atoms with van der Waals surface area (Å²) in [5.74, 6) is 0.957. The van der Waals surface area contributed by atoms with Crippen LogP contribution in [0.4, 0.5) is 0 Å². The molecule has 0 radical (unpaired) electrons. The molecule has 3 rings (SSSR count). The van der Waals surface area contributed by atoms with Crippen molar-refractivity contribution in [2.24, 2.45) is 0 Å². The Morgan fingerprint density at radius 1 is 1.12 bits per heavy atom. The van der Waals surface area contributed by atoms with Crippen molar-refractivity contribution in [2.75, 3.05) is 7.11 Å². The molecular weight excluding hydrogens is 212 g/mol. The molecule has 0 N–H and O–H groups in total. The van der Waals surface area contributed by atoms with Crippen LogP contribution in [0.5, 0.6) is 5.75 Å². The summed E-state index contributed by atoms with van der Waals surface area (Å²) in [6, 6.07) is 14.5. The summed E-state index contributed by atoms with van der Waals surface area (Å²) < 4.78 is 11.0. The van der Waals surface area contributed by atoms with E-state index >= 15 is 0 Å². The van der Waals surface area contributed by atoms with E-state index in [1.54, 1.807) is 7.11 Å². The van der Waals surface area contributed by atoms with Crippen LogP contribution in [0.2, 0.25) is 0 Å². The summed E-state index contributed by atoms with van der Waals surface area (Å²) in [5, 5.41) is 0. The van der Waals surface area contributed by atoms with E-state index in [-0.39, 0.29) is 0 Å². The highest BCUT2D eigenvalue weighted by Gasteiger charge is 2.19. The number of methoxy groups -OCH3 is 1. The molecule has 0 amide bonds. The van der Waals surface area contributed by atoms with Gasteiger partial charge in [0, 0.05) is 12.7 Å². The number of hydrogen-bond donors (Lipinski definition) is 0. The number of fused-ring (bicyclic) bond motifs is 3. The highest BCUT2D eigenvalue weighted by Crippen LogP contribution is 2.39. The van der Waals surface area contributed by atoms with E-state index < -0.39 is 0 Å². The number of ether oxygens (including phenoxy) is 2. The summed E-state index contributed by atoms with van der Waals surface area (Å²) in [6.45, 7) is 1.26. The Morgan fingerprint density at radius 3 is 2.88 bits per heavy atom. The van der Waals surface area contributed by atoms with Crippen LogP contribution in [0.3, 0.4) is 0 Å². The van der Waals surface area contributed by atoms with Gasteiger partial charge in [-0.3, -0.25) is 0 Å². The minimum absolute atomic E-state index is 0.612. The van der Waals surface area contributed by atoms with Gasteiger partial charge < -0.3 is 9.47 Å². The Hall–Kier alpha value is -1.80. The molecular formula is C15H14O2. The number of hydrogen-bond acceptors (Lipinski definition) is 2. The molecule has 1 aliphatic rings. The van der Waals surface area contributed by atoms with E-state index in [4.69, 9.17) is 9.47 Å². The van der Waals surface area contributed by atoms with Crippen molar-refractivity contribution >= 4 is 0 Å². The first-order valence-electron chi connectivity index (χ1n) is 5.72. The Labute approximate surface area is 101 Å². The predicted molar refractivity (Wildman–Crippen MR) is 66.9 cm³/mol. The third-order valence-corrected chi connectivity index (χ3v) is 3.08. The predicted octanol–water partition coefficient (Wildman–Crippen LogP) is 3.39. The van der Waals surface area contributed by atoms with Crippen LogP contribution in [-0.4, -0.2) is 7.11 Å². The first-order valence-corrected chi connectivity index (χ1v) is 5.72. The Morgan fingerprint density at radius 2 is 2.00 bits per heavy atom. The lowest BCUT2D eigenvalue weighted by Crippen LogP contribution is -2.07. The molecule has 2 aromatic carbocycles. The lowest BCUT2D eigenvalue weighted by atomic mass is 9.93. The summed E-state index contributed by atoms with van der Waals surface area (Å²) in [6.07, 6.45) is 0. The topological polar surface area (TPSA) is 18.5 Å². The molecule has 0 saturated heterocycles. The van der Waals surface area contributed by atoms with Gasteiger partial charge in [-0.1, -0.05) is 36.4 Å². The first-order chi connectivity index (χ1) is 8.40. The van der Waals surface area contributed by atoms with E-state index in [1.807, 2.05) is 18.2 Å². The summed E-state index contributed by atoms with van der Waals surface area (Å²) in [5.41, 5.74) is 4.86. The van der Waals surface area contributed by atoms with Gasteiger partial charge in [-0.05, 0) is 22.8 Å². The molecule has 2 nitrogen and oxygen atoms in total. The second kappa shape index (κ2) is 4.22. The zero-order valence-electron chi connectivity index (χ0n) is 9.77. The Bertz CT molecular complexity index is 546. The lowest BCUT2D eigenvalue weighted by Gasteiger charge is -2.23. The van der Waals surface area contributed by atoms with Gasteiger partial charge in [0.15, 0.2) is 0 Å². The fourth-order valence-electron chi connectivity index (χ4n) is 2.32. The van der Waals surface area contributed by atoms with Gasteiger partial charge in [-0.2, -0.15) is 0 Å². The van der Waals surface area contributed by atoms with Crippen molar-refractivity contribution in [2.45, 2.75) is 13.2 Å². The van der Waals surface area contributed by atoms with E-state index in [0.717, 1.165) is 5.75 Å². The van der Waals surface area contributed by atoms with Crippen molar-refractivity contribution in [3.63, 3.8) is 0 Å². The van der Waals surface area contributed by atoms with Crippen LogP contribution in [0.15, 0.2) is 42.5 Å². The minimum atomic E-state index is 0.612. The number of benzene rings is 2. The zero-order chi connectivity index (χ0) is 11.7. The molecule has 0 atom stereocenters. The maximum absolute atomic E-state index is 5.78. The summed E-state index contributed by atoms with van der Waals surface area (Å²) >= 11 is 0. The second-order valence-corrected chi connectivity index (χ2v) is 4.17. The smallest absolute Gasteiger partial charge is 0.128 e. The molecule has 2 heteroatoms. The average Bonchev–Trinajstić information content (AvgIpc) is 2.39. The maximum atomic E-state index is 5.78. The normalized spacial score (nSPS) is 12.5. The van der Waals surface area contributed by atoms with Crippen LogP contribution < -0.4 is 4.74 Å². The molecule has 0 aromatic heterocycles. The van der Waals surface area contributed by atoms with Gasteiger partial charge in [0.25, 0.3) is 0 Å². The molecule has 0 fully saturated rings. The molecule has 2 aromatic rings. The quantitative estimate of drug-likeness (QED) is 0.781. The van der Waals surface area contributed by atoms with Crippen molar-refractivity contribution in [1.82, 2.24) is 0 Å². The van der Waals surface area contributed by atoms with Crippen LogP contribution in [0.25, 0.3) is 11.1 Å². The molecule has 0 unspecified atom stereocenters. The molecule has 0 saturated carbocycles. The van der Waals surface area contributed by atoms with E-state index in [1.165, 1.54) is 22.3 Å². The zero-order valence-corrected chi connectivity index (χ0v) is 9.77. The maximum Gasteiger partial charge on any atom is 0.128 e. The van der Waals surface area contributed by atoms with Crippen LogP contribution in [0.1, 0.15) is 11.1 Å². The molecule has 86 valence electrons. The van der Waals surface area contributed by atoms with Gasteiger partial charge in [-0.25, -0.2) is 0 Å². The standard InChI is InChI=1S/C15H14O2/c1-16-9-12-6-4-8-14-15(12)13-7-3-2-5-11(13)10-17-14/h2-8H,9-10H2,1H3. The van der Waals surface area contributed by atoms with Crippen LogP contribution >= 0.6 is 0 Å². The van der Waals surface area contributed by atoms with Crippen LogP contribution in [-0.2, 0) is 18.0 Å². The van der Waals surface area contributed by atoms with E-state index in [9.17, 15) is 0 Å². The van der Waals surface area contributed by atoms with Gasteiger partial charge in [0.1, 0.15) is 12.4 Å². The molecule has 1 aliphatic heterocycles. The molecule has 17 heavy (non-hydrogen) atoms. The van der Waals surface area contributed by atoms with Crippen LogP contribution in [0, 0.1) is 0 Å². The molecule has 0 aliphatic carbocycles. The fourth-order valence-corrected chi connectivity index (χ4v) is 2.32. The third-order valence-electron chi connectivity index (χ3n) is 3.08. The summed E-state index contributed by atoms with van der Waals surface area (Å²) in [4.78, 5) is 0. The second-order valence-electron chi connectivity index (χ2n) is 4.17. The van der Waals surface area contributed by atoms with Gasteiger partial charge >= 0.3 is 0 Å². The lowest BCUT2D eigenvalue weighted by molar-refractivity contribution is 0.184. The Balaban J connectivity index is 2.22. The average molecular weight is 226 g/mol. The van der Waals surface area contributed by atoms with Crippen molar-refractivity contribution in [3.05, 3.63) is 53.6 Å². The molecule has 0 spiro atoms. The first kappa shape index (κ1) is 10.4. The van der Waals surface area contributed by atoms with Crippen molar-refractivity contribution in [3.8, 4) is 16.9 Å². The van der Waals surface area contributed by atoms with Gasteiger partial charge in [-0.15, -0.1) is 0 Å². The highest BCUT2D eigenvalue weighted by atomic mass is 16.5. The largest absolute Gasteiger partial charge is 0.488 e. The third kappa shape index (κ3) is 1.71. The monoisotopic (exact) mass is 226 g/mol. The van der Waals surface area contributed by atoms with Crippen molar-refractivity contribution in [1.29, 1.82) is 0 Å². The number of rotatable bonds is 2. The Kier molecular flexibility index (Phi) is 2.57. The minimum Gasteiger partial charge on any atom is -0.488 e. The molecule has 1 heterocycles. The summed E-state index contributed by atoms with van der Waals surface area (Å²) in [7, 11) is 1.72. The van der Waals surface area contributed by atoms with E-state index in [2.05, 4.69) is 24.3 Å². The van der Waals surface area contributed by atoms with E-state index in [0.29, 0.717) is 13.2 Å². The van der Waals surface area contributed by atoms with Crippen molar-refractivity contribution < 1.29 is 9.47 Å².